The van der Waals surface area contributed by atoms with Crippen molar-refractivity contribution in [3.8, 4) is 11.5 Å². The highest BCUT2D eigenvalue weighted by molar-refractivity contribution is 5.58. The molecule has 0 amide bonds. The Morgan fingerprint density at radius 1 is 1.05 bits per heavy atom. The average molecular weight is 279 g/mol. The van der Waals surface area contributed by atoms with Gasteiger partial charge in [-0.05, 0) is 49.2 Å². The van der Waals surface area contributed by atoms with Gasteiger partial charge in [-0.1, -0.05) is 24.3 Å². The van der Waals surface area contributed by atoms with Crippen molar-refractivity contribution in [3.63, 3.8) is 0 Å². The first-order chi connectivity index (χ1) is 10.2. The number of nitrogens with one attached hydrogen (secondary N) is 1. The molecule has 1 unspecified atom stereocenters. The zero-order valence-electron chi connectivity index (χ0n) is 12.1. The summed E-state index contributed by atoms with van der Waals surface area (Å²) in [6.45, 7) is 4.29. The number of aromatic nitrogens is 2. The van der Waals surface area contributed by atoms with Gasteiger partial charge in [-0.25, -0.2) is 0 Å². The zero-order valence-corrected chi connectivity index (χ0v) is 12.1. The fraction of sp³-hybridized carbons (Fsp3) is 0.176. The number of benzene rings is 2. The Bertz CT molecular complexity index is 705. The summed E-state index contributed by atoms with van der Waals surface area (Å²) in [4.78, 5) is 0. The maximum atomic E-state index is 5.18. The Labute approximate surface area is 123 Å². The normalized spacial score (nSPS) is 12.1. The highest BCUT2D eigenvalue weighted by atomic mass is 16.4. The van der Waals surface area contributed by atoms with Crippen LogP contribution in [0.3, 0.4) is 0 Å². The third kappa shape index (κ3) is 2.94. The lowest BCUT2D eigenvalue weighted by Crippen LogP contribution is -2.07. The van der Waals surface area contributed by atoms with E-state index in [-0.39, 0.29) is 6.04 Å². The molecule has 0 spiro atoms. The number of rotatable bonds is 4. The van der Waals surface area contributed by atoms with Crippen molar-refractivity contribution in [2.75, 3.05) is 5.32 Å². The van der Waals surface area contributed by atoms with Gasteiger partial charge in [-0.3, -0.25) is 0 Å². The lowest BCUT2D eigenvalue weighted by atomic mass is 10.0. The van der Waals surface area contributed by atoms with E-state index in [9.17, 15) is 0 Å². The van der Waals surface area contributed by atoms with Crippen molar-refractivity contribution < 1.29 is 4.42 Å². The molecule has 0 saturated carbocycles. The van der Waals surface area contributed by atoms with Crippen molar-refractivity contribution in [2.24, 2.45) is 0 Å². The summed E-state index contributed by atoms with van der Waals surface area (Å²) >= 11 is 0. The SMILES string of the molecule is Cc1ccccc1C(C)Nc1ccc(-c2nnco2)cc1. The van der Waals surface area contributed by atoms with Gasteiger partial charge in [0.15, 0.2) is 0 Å². The van der Waals surface area contributed by atoms with Gasteiger partial charge in [-0.2, -0.15) is 0 Å². The summed E-state index contributed by atoms with van der Waals surface area (Å²) in [5.74, 6) is 0.536. The Morgan fingerprint density at radius 3 is 2.48 bits per heavy atom. The van der Waals surface area contributed by atoms with Crippen LogP contribution in [0.15, 0.2) is 59.3 Å². The van der Waals surface area contributed by atoms with E-state index in [4.69, 9.17) is 4.42 Å². The minimum atomic E-state index is 0.250. The fourth-order valence-corrected chi connectivity index (χ4v) is 2.41. The molecule has 0 aliphatic carbocycles. The second kappa shape index (κ2) is 5.79. The molecule has 0 saturated heterocycles. The number of hydrogen-bond donors (Lipinski definition) is 1. The molecule has 0 bridgehead atoms. The molecule has 3 aromatic rings. The quantitative estimate of drug-likeness (QED) is 0.777. The molecule has 4 nitrogen and oxygen atoms in total. The van der Waals surface area contributed by atoms with Crippen LogP contribution in [0, 0.1) is 6.92 Å². The maximum Gasteiger partial charge on any atom is 0.247 e. The maximum absolute atomic E-state index is 5.18. The average Bonchev–Trinajstić information content (AvgIpc) is 3.02. The van der Waals surface area contributed by atoms with Gasteiger partial charge in [0, 0.05) is 17.3 Å². The van der Waals surface area contributed by atoms with Crippen LogP contribution in [-0.4, -0.2) is 10.2 Å². The lowest BCUT2D eigenvalue weighted by Gasteiger charge is -2.17. The molecule has 106 valence electrons. The zero-order chi connectivity index (χ0) is 14.7. The van der Waals surface area contributed by atoms with Crippen molar-refractivity contribution in [1.82, 2.24) is 10.2 Å². The molecular formula is C17H17N3O. The minimum absolute atomic E-state index is 0.250. The summed E-state index contributed by atoms with van der Waals surface area (Å²) in [6.07, 6.45) is 1.34. The van der Waals surface area contributed by atoms with Crippen molar-refractivity contribution in [2.45, 2.75) is 19.9 Å². The van der Waals surface area contributed by atoms with E-state index in [1.165, 1.54) is 17.5 Å². The highest BCUT2D eigenvalue weighted by Gasteiger charge is 2.08. The first kappa shape index (κ1) is 13.4. The van der Waals surface area contributed by atoms with E-state index in [2.05, 4.69) is 53.6 Å². The molecular weight excluding hydrogens is 262 g/mol. The van der Waals surface area contributed by atoms with Crippen molar-refractivity contribution in [1.29, 1.82) is 0 Å². The fourth-order valence-electron chi connectivity index (χ4n) is 2.41. The molecule has 0 fully saturated rings. The van der Waals surface area contributed by atoms with Crippen LogP contribution in [0.5, 0.6) is 0 Å². The van der Waals surface area contributed by atoms with E-state index in [0.717, 1.165) is 11.3 Å². The van der Waals surface area contributed by atoms with Crippen LogP contribution in [0.25, 0.3) is 11.5 Å². The van der Waals surface area contributed by atoms with E-state index >= 15 is 0 Å². The van der Waals surface area contributed by atoms with E-state index < -0.39 is 0 Å². The molecule has 0 radical (unpaired) electrons. The van der Waals surface area contributed by atoms with Crippen molar-refractivity contribution in [3.05, 3.63) is 66.1 Å². The predicted octanol–water partition coefficient (Wildman–Crippen LogP) is 4.22. The molecule has 1 N–H and O–H groups in total. The Balaban J connectivity index is 1.75. The van der Waals surface area contributed by atoms with E-state index in [0.29, 0.717) is 5.89 Å². The highest BCUT2D eigenvalue weighted by Crippen LogP contribution is 2.24. The Kier molecular flexibility index (Phi) is 3.69. The summed E-state index contributed by atoms with van der Waals surface area (Å²) in [7, 11) is 0. The number of aryl methyl sites for hydroxylation is 1. The molecule has 0 aliphatic heterocycles. The number of anilines is 1. The molecule has 1 aromatic heterocycles. The summed E-state index contributed by atoms with van der Waals surface area (Å²) in [6, 6.07) is 16.7. The van der Waals surface area contributed by atoms with Crippen LogP contribution in [0.1, 0.15) is 24.1 Å². The first-order valence-electron chi connectivity index (χ1n) is 6.93. The monoisotopic (exact) mass is 279 g/mol. The van der Waals surface area contributed by atoms with Crippen molar-refractivity contribution >= 4 is 5.69 Å². The van der Waals surface area contributed by atoms with Crippen LogP contribution in [0.2, 0.25) is 0 Å². The second-order valence-corrected chi connectivity index (χ2v) is 5.04. The van der Waals surface area contributed by atoms with Crippen LogP contribution in [0.4, 0.5) is 5.69 Å². The molecule has 1 atom stereocenters. The smallest absolute Gasteiger partial charge is 0.247 e. The molecule has 4 heteroatoms. The van der Waals surface area contributed by atoms with Crippen LogP contribution >= 0.6 is 0 Å². The topological polar surface area (TPSA) is 51.0 Å². The van der Waals surface area contributed by atoms with Gasteiger partial charge in [-0.15, -0.1) is 10.2 Å². The van der Waals surface area contributed by atoms with Crippen LogP contribution in [-0.2, 0) is 0 Å². The van der Waals surface area contributed by atoms with Gasteiger partial charge >= 0.3 is 0 Å². The van der Waals surface area contributed by atoms with E-state index in [1.54, 1.807) is 0 Å². The molecule has 0 aliphatic rings. The molecule has 2 aromatic carbocycles. The third-order valence-electron chi connectivity index (χ3n) is 3.53. The number of nitrogens with zero attached hydrogens (tertiary/aromatic N) is 2. The van der Waals surface area contributed by atoms with Gasteiger partial charge in [0.05, 0.1) is 0 Å². The van der Waals surface area contributed by atoms with Gasteiger partial charge in [0.1, 0.15) is 0 Å². The standard InChI is InChI=1S/C17H17N3O/c1-12-5-3-4-6-16(12)13(2)19-15-9-7-14(8-10-15)17-20-18-11-21-17/h3-11,13,19H,1-2H3. The summed E-state index contributed by atoms with van der Waals surface area (Å²) < 4.78 is 5.18. The minimum Gasteiger partial charge on any atom is -0.423 e. The number of hydrogen-bond acceptors (Lipinski definition) is 4. The Hall–Kier alpha value is -2.62. The summed E-state index contributed by atoms with van der Waals surface area (Å²) in [5, 5.41) is 11.1. The lowest BCUT2D eigenvalue weighted by molar-refractivity contribution is 0.568. The molecule has 21 heavy (non-hydrogen) atoms. The van der Waals surface area contributed by atoms with Gasteiger partial charge in [0.2, 0.25) is 12.3 Å². The van der Waals surface area contributed by atoms with Gasteiger partial charge < -0.3 is 9.73 Å². The van der Waals surface area contributed by atoms with E-state index in [1.807, 2.05) is 24.3 Å². The largest absolute Gasteiger partial charge is 0.423 e. The Morgan fingerprint density at radius 2 is 1.81 bits per heavy atom. The van der Waals surface area contributed by atoms with Gasteiger partial charge in [0.25, 0.3) is 0 Å². The molecule has 1 heterocycles. The third-order valence-corrected chi connectivity index (χ3v) is 3.53. The molecule has 3 rings (SSSR count). The summed E-state index contributed by atoms with van der Waals surface area (Å²) in [5.41, 5.74) is 4.58. The van der Waals surface area contributed by atoms with Crippen LogP contribution < -0.4 is 5.32 Å². The first-order valence-corrected chi connectivity index (χ1v) is 6.93. The second-order valence-electron chi connectivity index (χ2n) is 5.04. The predicted molar refractivity (Wildman–Crippen MR) is 83.0 cm³/mol.